The summed E-state index contributed by atoms with van der Waals surface area (Å²) >= 11 is 0. The van der Waals surface area contributed by atoms with Gasteiger partial charge in [0.2, 0.25) is 0 Å². The van der Waals surface area contributed by atoms with Crippen LogP contribution in [0.3, 0.4) is 0 Å². The van der Waals surface area contributed by atoms with E-state index in [1.54, 1.807) is 12.1 Å². The predicted octanol–water partition coefficient (Wildman–Crippen LogP) is 5.78. The zero-order valence-corrected chi connectivity index (χ0v) is 17.0. The third kappa shape index (κ3) is 3.32. The second-order valence-corrected chi connectivity index (χ2v) is 8.19. The van der Waals surface area contributed by atoms with Gasteiger partial charge in [-0.3, -0.25) is 0 Å². The van der Waals surface area contributed by atoms with E-state index in [2.05, 4.69) is 46.2 Å². The molecule has 30 heavy (non-hydrogen) atoms. The van der Waals surface area contributed by atoms with Gasteiger partial charge in [-0.25, -0.2) is 4.79 Å². The van der Waals surface area contributed by atoms with E-state index in [9.17, 15) is 9.90 Å². The summed E-state index contributed by atoms with van der Waals surface area (Å²) < 4.78 is 0. The highest BCUT2D eigenvalue weighted by atomic mass is 16.4. The summed E-state index contributed by atoms with van der Waals surface area (Å²) in [6.07, 6.45) is 5.46. The third-order valence-corrected chi connectivity index (χ3v) is 6.36. The largest absolute Gasteiger partial charge is 0.478 e. The standard InChI is InChI=1S/C26H26N2O2/c29-26(30)22-9-4-3-8-21(22)20-15-13-19(14-16-20)18-28-24-11-6-5-10-23(24)27-17-7-1-2-12-25(27)28/h3-6,8-11,13-16,25H,1-2,7,12,17-18H2,(H,29,30). The van der Waals surface area contributed by atoms with Crippen molar-refractivity contribution in [3.63, 3.8) is 0 Å². The summed E-state index contributed by atoms with van der Waals surface area (Å²) in [5.41, 5.74) is 5.97. The lowest BCUT2D eigenvalue weighted by Gasteiger charge is -2.31. The van der Waals surface area contributed by atoms with Crippen LogP contribution in [0.1, 0.15) is 41.6 Å². The molecule has 0 aromatic heterocycles. The Balaban J connectivity index is 1.43. The van der Waals surface area contributed by atoms with Crippen molar-refractivity contribution in [2.75, 3.05) is 16.3 Å². The first kappa shape index (κ1) is 18.7. The number of hydrogen-bond acceptors (Lipinski definition) is 3. The van der Waals surface area contributed by atoms with Crippen molar-refractivity contribution >= 4 is 17.3 Å². The maximum absolute atomic E-state index is 11.6. The molecule has 152 valence electrons. The molecule has 3 aromatic rings. The molecule has 2 heterocycles. The second kappa shape index (κ2) is 7.86. The SMILES string of the molecule is O=C(O)c1ccccc1-c1ccc(CN2c3ccccc3N3CCCCCC32)cc1. The van der Waals surface area contributed by atoms with Crippen LogP contribution in [0.5, 0.6) is 0 Å². The summed E-state index contributed by atoms with van der Waals surface area (Å²) in [7, 11) is 0. The number of carboxylic acids is 1. The molecular weight excluding hydrogens is 372 g/mol. The molecule has 1 atom stereocenters. The van der Waals surface area contributed by atoms with E-state index in [4.69, 9.17) is 0 Å². The smallest absolute Gasteiger partial charge is 0.336 e. The Morgan fingerprint density at radius 3 is 2.40 bits per heavy atom. The molecule has 1 unspecified atom stereocenters. The summed E-state index contributed by atoms with van der Waals surface area (Å²) in [5, 5.41) is 9.49. The van der Waals surface area contributed by atoms with Crippen molar-refractivity contribution in [2.45, 2.75) is 38.4 Å². The van der Waals surface area contributed by atoms with E-state index < -0.39 is 5.97 Å². The minimum Gasteiger partial charge on any atom is -0.478 e. The van der Waals surface area contributed by atoms with Gasteiger partial charge in [-0.1, -0.05) is 61.0 Å². The molecule has 4 heteroatoms. The lowest BCUT2D eigenvalue weighted by atomic mass is 9.98. The highest BCUT2D eigenvalue weighted by Gasteiger charge is 2.35. The van der Waals surface area contributed by atoms with E-state index in [0.29, 0.717) is 11.7 Å². The number of para-hydroxylation sites is 2. The fourth-order valence-electron chi connectivity index (χ4n) is 4.90. The molecule has 0 saturated carbocycles. The summed E-state index contributed by atoms with van der Waals surface area (Å²) in [5.74, 6) is -0.892. The number of nitrogens with zero attached hydrogens (tertiary/aromatic N) is 2. The predicted molar refractivity (Wildman–Crippen MR) is 121 cm³/mol. The monoisotopic (exact) mass is 398 g/mol. The highest BCUT2D eigenvalue weighted by molar-refractivity contribution is 5.96. The van der Waals surface area contributed by atoms with Crippen LogP contribution in [0.25, 0.3) is 11.1 Å². The number of hydrogen-bond donors (Lipinski definition) is 1. The van der Waals surface area contributed by atoms with E-state index in [1.807, 2.05) is 24.3 Å². The Hall–Kier alpha value is -3.27. The molecule has 2 aliphatic rings. The molecule has 0 bridgehead atoms. The number of carbonyl (C=O) groups is 1. The van der Waals surface area contributed by atoms with Gasteiger partial charge >= 0.3 is 5.97 Å². The van der Waals surface area contributed by atoms with Crippen molar-refractivity contribution in [1.82, 2.24) is 0 Å². The fraction of sp³-hybridized carbons (Fsp3) is 0.269. The molecule has 0 aliphatic carbocycles. The number of rotatable bonds is 4. The summed E-state index contributed by atoms with van der Waals surface area (Å²) in [4.78, 5) is 16.7. The van der Waals surface area contributed by atoms with Crippen molar-refractivity contribution in [3.05, 3.63) is 83.9 Å². The Morgan fingerprint density at radius 2 is 1.60 bits per heavy atom. The molecular formula is C26H26N2O2. The van der Waals surface area contributed by atoms with Gasteiger partial charge in [0.25, 0.3) is 0 Å². The van der Waals surface area contributed by atoms with Crippen LogP contribution in [0.4, 0.5) is 11.4 Å². The lowest BCUT2D eigenvalue weighted by Crippen LogP contribution is -2.42. The summed E-state index contributed by atoms with van der Waals surface area (Å²) in [6.45, 7) is 1.99. The summed E-state index contributed by atoms with van der Waals surface area (Å²) in [6, 6.07) is 24.3. The Morgan fingerprint density at radius 1 is 0.867 bits per heavy atom. The van der Waals surface area contributed by atoms with Gasteiger partial charge in [-0.2, -0.15) is 0 Å². The number of fused-ring (bicyclic) bond motifs is 3. The van der Waals surface area contributed by atoms with Gasteiger partial charge in [0, 0.05) is 13.1 Å². The second-order valence-electron chi connectivity index (χ2n) is 8.19. The minimum absolute atomic E-state index is 0.341. The first-order valence-electron chi connectivity index (χ1n) is 10.8. The number of carboxylic acid groups (broad SMARTS) is 1. The third-order valence-electron chi connectivity index (χ3n) is 6.36. The van der Waals surface area contributed by atoms with Gasteiger partial charge in [0.05, 0.1) is 16.9 Å². The molecule has 0 spiro atoms. The zero-order chi connectivity index (χ0) is 20.5. The Bertz CT molecular complexity index is 1060. The van der Waals surface area contributed by atoms with Crippen LogP contribution in [-0.2, 0) is 6.54 Å². The molecule has 1 N–H and O–H groups in total. The van der Waals surface area contributed by atoms with Crippen molar-refractivity contribution in [1.29, 1.82) is 0 Å². The van der Waals surface area contributed by atoms with E-state index in [1.165, 1.54) is 42.6 Å². The van der Waals surface area contributed by atoms with Crippen LogP contribution in [0.2, 0.25) is 0 Å². The Labute approximate surface area is 177 Å². The minimum atomic E-state index is -0.892. The molecule has 5 rings (SSSR count). The molecule has 2 aliphatic heterocycles. The van der Waals surface area contributed by atoms with Gasteiger partial charge in [-0.05, 0) is 54.2 Å². The van der Waals surface area contributed by atoms with Gasteiger partial charge < -0.3 is 14.9 Å². The Kier molecular flexibility index (Phi) is 4.91. The highest BCUT2D eigenvalue weighted by Crippen LogP contribution is 2.43. The number of aromatic carboxylic acids is 1. The topological polar surface area (TPSA) is 43.8 Å². The lowest BCUT2D eigenvalue weighted by molar-refractivity contribution is 0.0697. The normalized spacial score (nSPS) is 17.9. The fourth-order valence-corrected chi connectivity index (χ4v) is 4.90. The van der Waals surface area contributed by atoms with Crippen molar-refractivity contribution in [2.24, 2.45) is 0 Å². The number of benzene rings is 3. The first-order valence-corrected chi connectivity index (χ1v) is 10.8. The van der Waals surface area contributed by atoms with Crippen LogP contribution in [-0.4, -0.2) is 23.8 Å². The van der Waals surface area contributed by atoms with Crippen molar-refractivity contribution in [3.8, 4) is 11.1 Å². The number of anilines is 2. The van der Waals surface area contributed by atoms with Gasteiger partial charge in [0.15, 0.2) is 0 Å². The van der Waals surface area contributed by atoms with Crippen LogP contribution in [0.15, 0.2) is 72.8 Å². The van der Waals surface area contributed by atoms with E-state index in [0.717, 1.165) is 24.2 Å². The average molecular weight is 399 g/mol. The first-order chi connectivity index (χ1) is 14.7. The molecule has 3 aromatic carbocycles. The molecule has 1 saturated heterocycles. The zero-order valence-electron chi connectivity index (χ0n) is 17.0. The van der Waals surface area contributed by atoms with Crippen LogP contribution >= 0.6 is 0 Å². The molecule has 0 radical (unpaired) electrons. The van der Waals surface area contributed by atoms with E-state index >= 15 is 0 Å². The van der Waals surface area contributed by atoms with Crippen LogP contribution in [0, 0.1) is 0 Å². The molecule has 1 fully saturated rings. The van der Waals surface area contributed by atoms with Crippen LogP contribution < -0.4 is 9.80 Å². The van der Waals surface area contributed by atoms with Crippen molar-refractivity contribution < 1.29 is 9.90 Å². The quantitative estimate of drug-likeness (QED) is 0.605. The van der Waals surface area contributed by atoms with E-state index in [-0.39, 0.29) is 0 Å². The molecule has 4 nitrogen and oxygen atoms in total. The maximum atomic E-state index is 11.6. The van der Waals surface area contributed by atoms with Gasteiger partial charge in [-0.15, -0.1) is 0 Å². The molecule has 0 amide bonds. The maximum Gasteiger partial charge on any atom is 0.336 e. The van der Waals surface area contributed by atoms with Gasteiger partial charge in [0.1, 0.15) is 6.17 Å². The average Bonchev–Trinajstić information content (AvgIpc) is 2.92.